The smallest absolute Gasteiger partial charge is 0.309 e. The van der Waals surface area contributed by atoms with Crippen LogP contribution in [0.5, 0.6) is 0 Å². The quantitative estimate of drug-likeness (QED) is 0.662. The third kappa shape index (κ3) is 5.78. The van der Waals surface area contributed by atoms with Crippen molar-refractivity contribution in [3.63, 3.8) is 0 Å². The number of carbonyl (C=O) groups is 1. The summed E-state index contributed by atoms with van der Waals surface area (Å²) in [6.07, 6.45) is 2.02. The number of nitrogens with two attached hydrogens (primary N) is 1. The minimum atomic E-state index is -0.0873. The third-order valence-corrected chi connectivity index (χ3v) is 2.82. The monoisotopic (exact) mass is 215 g/mol. The van der Waals surface area contributed by atoms with Gasteiger partial charge in [0, 0.05) is 6.54 Å². The van der Waals surface area contributed by atoms with Crippen molar-refractivity contribution >= 4 is 5.97 Å². The van der Waals surface area contributed by atoms with Gasteiger partial charge in [-0.2, -0.15) is 0 Å². The van der Waals surface area contributed by atoms with Gasteiger partial charge < -0.3 is 10.5 Å². The molecule has 0 fully saturated rings. The number of hydrogen-bond acceptors (Lipinski definition) is 3. The lowest BCUT2D eigenvalue weighted by Crippen LogP contribution is -2.26. The molecule has 0 amide bonds. The van der Waals surface area contributed by atoms with Crippen LogP contribution < -0.4 is 5.73 Å². The summed E-state index contributed by atoms with van der Waals surface area (Å²) in [5.74, 6) is 0.842. The molecule has 0 saturated carbocycles. The zero-order valence-corrected chi connectivity index (χ0v) is 10.5. The van der Waals surface area contributed by atoms with E-state index in [0.717, 1.165) is 12.8 Å². The molecule has 15 heavy (non-hydrogen) atoms. The van der Waals surface area contributed by atoms with Gasteiger partial charge in [0.25, 0.3) is 0 Å². The van der Waals surface area contributed by atoms with Crippen molar-refractivity contribution in [3.8, 4) is 0 Å². The fraction of sp³-hybridized carbons (Fsp3) is 0.917. The molecule has 0 aromatic carbocycles. The molecule has 90 valence electrons. The molecule has 0 aliphatic heterocycles. The number of esters is 1. The molecule has 0 radical (unpaired) electrons. The summed E-state index contributed by atoms with van der Waals surface area (Å²) in [5, 5.41) is 0. The van der Waals surface area contributed by atoms with Crippen molar-refractivity contribution in [1.82, 2.24) is 0 Å². The average molecular weight is 215 g/mol. The first kappa shape index (κ1) is 14.4. The first-order valence-corrected chi connectivity index (χ1v) is 5.89. The Morgan fingerprint density at radius 3 is 2.33 bits per heavy atom. The summed E-state index contributed by atoms with van der Waals surface area (Å²) in [7, 11) is 0. The number of hydrogen-bond donors (Lipinski definition) is 1. The number of rotatable bonds is 7. The SMILES string of the molecule is CCC(C)CC(C(=O)OCCN)C(C)C. The second-order valence-electron chi connectivity index (χ2n) is 4.56. The summed E-state index contributed by atoms with van der Waals surface area (Å²) in [5.41, 5.74) is 5.30. The van der Waals surface area contributed by atoms with Crippen molar-refractivity contribution in [2.45, 2.75) is 40.5 Å². The maximum atomic E-state index is 11.7. The van der Waals surface area contributed by atoms with E-state index in [-0.39, 0.29) is 11.9 Å². The Hall–Kier alpha value is -0.570. The van der Waals surface area contributed by atoms with Crippen LogP contribution >= 0.6 is 0 Å². The maximum absolute atomic E-state index is 11.7. The van der Waals surface area contributed by atoms with E-state index in [1.54, 1.807) is 0 Å². The van der Waals surface area contributed by atoms with Crippen LogP contribution in [0.2, 0.25) is 0 Å². The van der Waals surface area contributed by atoms with E-state index < -0.39 is 0 Å². The molecule has 0 bridgehead atoms. The molecule has 0 aliphatic rings. The molecule has 2 N–H and O–H groups in total. The lowest BCUT2D eigenvalue weighted by Gasteiger charge is -2.22. The van der Waals surface area contributed by atoms with Gasteiger partial charge in [-0.05, 0) is 18.3 Å². The first-order chi connectivity index (χ1) is 7.02. The normalized spacial score (nSPS) is 15.1. The van der Waals surface area contributed by atoms with Gasteiger partial charge in [-0.1, -0.05) is 34.1 Å². The third-order valence-electron chi connectivity index (χ3n) is 2.82. The predicted octanol–water partition coefficient (Wildman–Crippen LogP) is 2.20. The number of carbonyl (C=O) groups excluding carboxylic acids is 1. The van der Waals surface area contributed by atoms with E-state index in [2.05, 4.69) is 27.7 Å². The Kier molecular flexibility index (Phi) is 7.39. The summed E-state index contributed by atoms with van der Waals surface area (Å²) in [6, 6.07) is 0. The van der Waals surface area contributed by atoms with Crippen LogP contribution in [0.25, 0.3) is 0 Å². The molecule has 2 unspecified atom stereocenters. The standard InChI is InChI=1S/C12H25NO2/c1-5-10(4)8-11(9(2)3)12(14)15-7-6-13/h9-11H,5-8,13H2,1-4H3. The molecule has 0 aliphatic carbocycles. The first-order valence-electron chi connectivity index (χ1n) is 5.89. The van der Waals surface area contributed by atoms with Crippen molar-refractivity contribution < 1.29 is 9.53 Å². The summed E-state index contributed by atoms with van der Waals surface area (Å²) in [4.78, 5) is 11.7. The zero-order chi connectivity index (χ0) is 11.8. The van der Waals surface area contributed by atoms with Crippen LogP contribution in [0.15, 0.2) is 0 Å². The van der Waals surface area contributed by atoms with Crippen LogP contribution in [0, 0.1) is 17.8 Å². The van der Waals surface area contributed by atoms with Crippen LogP contribution in [0.1, 0.15) is 40.5 Å². The Bertz CT molecular complexity index is 180. The number of ether oxygens (including phenoxy) is 1. The van der Waals surface area contributed by atoms with E-state index in [4.69, 9.17) is 10.5 Å². The highest BCUT2D eigenvalue weighted by molar-refractivity contribution is 5.72. The summed E-state index contributed by atoms with van der Waals surface area (Å²) in [6.45, 7) is 9.19. The fourth-order valence-corrected chi connectivity index (χ4v) is 1.51. The molecular weight excluding hydrogens is 190 g/mol. The van der Waals surface area contributed by atoms with Crippen LogP contribution in [0.4, 0.5) is 0 Å². The van der Waals surface area contributed by atoms with Gasteiger partial charge in [0.15, 0.2) is 0 Å². The topological polar surface area (TPSA) is 52.3 Å². The Morgan fingerprint density at radius 1 is 1.33 bits per heavy atom. The zero-order valence-electron chi connectivity index (χ0n) is 10.5. The van der Waals surface area contributed by atoms with Crippen molar-refractivity contribution in [2.75, 3.05) is 13.2 Å². The van der Waals surface area contributed by atoms with Crippen molar-refractivity contribution in [2.24, 2.45) is 23.5 Å². The highest BCUT2D eigenvalue weighted by atomic mass is 16.5. The maximum Gasteiger partial charge on any atom is 0.309 e. The minimum absolute atomic E-state index is 0.0199. The van der Waals surface area contributed by atoms with E-state index in [1.807, 2.05) is 0 Å². The molecule has 0 rings (SSSR count). The molecule has 0 aromatic heterocycles. The molecule has 0 heterocycles. The predicted molar refractivity (Wildman–Crippen MR) is 62.4 cm³/mol. The molecular formula is C12H25NO2. The van der Waals surface area contributed by atoms with Gasteiger partial charge in [-0.3, -0.25) is 4.79 Å². The molecule has 0 spiro atoms. The van der Waals surface area contributed by atoms with E-state index >= 15 is 0 Å². The molecule has 3 heteroatoms. The fourth-order valence-electron chi connectivity index (χ4n) is 1.51. The second-order valence-corrected chi connectivity index (χ2v) is 4.56. The Labute approximate surface area is 93.4 Å². The molecule has 0 saturated heterocycles. The molecule has 3 nitrogen and oxygen atoms in total. The summed E-state index contributed by atoms with van der Waals surface area (Å²) >= 11 is 0. The lowest BCUT2D eigenvalue weighted by atomic mass is 9.86. The van der Waals surface area contributed by atoms with Gasteiger partial charge in [-0.15, -0.1) is 0 Å². The van der Waals surface area contributed by atoms with Gasteiger partial charge in [0.2, 0.25) is 0 Å². The highest BCUT2D eigenvalue weighted by Gasteiger charge is 2.24. The second kappa shape index (κ2) is 7.69. The summed E-state index contributed by atoms with van der Waals surface area (Å²) < 4.78 is 5.10. The van der Waals surface area contributed by atoms with E-state index in [0.29, 0.717) is 25.0 Å². The van der Waals surface area contributed by atoms with Gasteiger partial charge in [0.05, 0.1) is 5.92 Å². The van der Waals surface area contributed by atoms with Crippen LogP contribution in [-0.4, -0.2) is 19.1 Å². The van der Waals surface area contributed by atoms with Crippen molar-refractivity contribution in [3.05, 3.63) is 0 Å². The van der Waals surface area contributed by atoms with Crippen molar-refractivity contribution in [1.29, 1.82) is 0 Å². The van der Waals surface area contributed by atoms with E-state index in [1.165, 1.54) is 0 Å². The molecule has 0 aromatic rings. The van der Waals surface area contributed by atoms with Gasteiger partial charge in [0.1, 0.15) is 6.61 Å². The van der Waals surface area contributed by atoms with Crippen LogP contribution in [-0.2, 0) is 9.53 Å². The Balaban J connectivity index is 4.19. The van der Waals surface area contributed by atoms with E-state index in [9.17, 15) is 4.79 Å². The average Bonchev–Trinajstić information content (AvgIpc) is 2.21. The minimum Gasteiger partial charge on any atom is -0.464 e. The van der Waals surface area contributed by atoms with Gasteiger partial charge in [-0.25, -0.2) is 0 Å². The van der Waals surface area contributed by atoms with Gasteiger partial charge >= 0.3 is 5.97 Å². The largest absolute Gasteiger partial charge is 0.464 e. The Morgan fingerprint density at radius 2 is 1.93 bits per heavy atom. The highest BCUT2D eigenvalue weighted by Crippen LogP contribution is 2.23. The molecule has 2 atom stereocenters. The lowest BCUT2D eigenvalue weighted by molar-refractivity contribution is -0.150. The van der Waals surface area contributed by atoms with Crippen LogP contribution in [0.3, 0.4) is 0 Å².